The highest BCUT2D eigenvalue weighted by Crippen LogP contribution is 2.39. The SMILES string of the molecule is COc1cc2c(cc1OC)CN(C(=O)[C@H]1CC(=O)N(C)[C@H]1c1ccccc1)CC2. The lowest BCUT2D eigenvalue weighted by Crippen LogP contribution is -2.41. The molecule has 0 aromatic heterocycles. The molecule has 0 bridgehead atoms. The first kappa shape index (κ1) is 19.3. The molecule has 29 heavy (non-hydrogen) atoms. The number of benzene rings is 2. The predicted octanol–water partition coefficient (Wildman–Crippen LogP) is 2.81. The highest BCUT2D eigenvalue weighted by molar-refractivity contribution is 5.90. The topological polar surface area (TPSA) is 59.1 Å². The van der Waals surface area contributed by atoms with Gasteiger partial charge in [-0.2, -0.15) is 0 Å². The number of nitrogens with zero attached hydrogens (tertiary/aromatic N) is 2. The molecule has 2 aliphatic heterocycles. The number of rotatable bonds is 4. The van der Waals surface area contributed by atoms with E-state index in [1.54, 1.807) is 26.2 Å². The van der Waals surface area contributed by atoms with Crippen molar-refractivity contribution in [3.8, 4) is 11.5 Å². The molecule has 2 amide bonds. The number of hydrogen-bond donors (Lipinski definition) is 0. The standard InChI is InChI=1S/C23H26N2O4/c1-24-21(26)13-18(22(24)15-7-5-4-6-8-15)23(27)25-10-9-16-11-19(28-2)20(29-3)12-17(16)14-25/h4-8,11-12,18,22H,9-10,13-14H2,1-3H3/t18-,22-/m0/s1. The third-order valence-corrected chi connectivity index (χ3v) is 6.07. The van der Waals surface area contributed by atoms with Crippen molar-refractivity contribution in [2.45, 2.75) is 25.4 Å². The summed E-state index contributed by atoms with van der Waals surface area (Å²) in [7, 11) is 5.02. The van der Waals surface area contributed by atoms with Crippen LogP contribution in [0.1, 0.15) is 29.2 Å². The van der Waals surface area contributed by atoms with E-state index in [0.29, 0.717) is 24.6 Å². The number of hydrogen-bond acceptors (Lipinski definition) is 4. The minimum absolute atomic E-state index is 0.0148. The molecule has 0 unspecified atom stereocenters. The van der Waals surface area contributed by atoms with E-state index in [1.165, 1.54) is 5.56 Å². The van der Waals surface area contributed by atoms with Crippen molar-refractivity contribution in [1.29, 1.82) is 0 Å². The van der Waals surface area contributed by atoms with Crippen LogP contribution >= 0.6 is 0 Å². The van der Waals surface area contributed by atoms with Crippen molar-refractivity contribution in [2.24, 2.45) is 5.92 Å². The van der Waals surface area contributed by atoms with Gasteiger partial charge in [0.1, 0.15) is 0 Å². The smallest absolute Gasteiger partial charge is 0.228 e. The molecule has 2 aromatic carbocycles. The number of fused-ring (bicyclic) bond motifs is 1. The van der Waals surface area contributed by atoms with Crippen molar-refractivity contribution in [1.82, 2.24) is 9.80 Å². The average molecular weight is 394 g/mol. The van der Waals surface area contributed by atoms with Crippen molar-refractivity contribution in [2.75, 3.05) is 27.8 Å². The van der Waals surface area contributed by atoms with Gasteiger partial charge in [0, 0.05) is 26.6 Å². The van der Waals surface area contributed by atoms with Gasteiger partial charge < -0.3 is 19.3 Å². The number of carbonyl (C=O) groups excluding carboxylic acids is 2. The summed E-state index contributed by atoms with van der Waals surface area (Å²) >= 11 is 0. The third-order valence-electron chi connectivity index (χ3n) is 6.07. The minimum atomic E-state index is -0.364. The molecule has 0 N–H and O–H groups in total. The minimum Gasteiger partial charge on any atom is -0.493 e. The molecule has 2 aliphatic rings. The Bertz CT molecular complexity index is 928. The van der Waals surface area contributed by atoms with Crippen LogP contribution in [-0.4, -0.2) is 49.4 Å². The quantitative estimate of drug-likeness (QED) is 0.800. The number of methoxy groups -OCH3 is 2. The van der Waals surface area contributed by atoms with Crippen LogP contribution < -0.4 is 9.47 Å². The zero-order valence-electron chi connectivity index (χ0n) is 17.1. The second kappa shape index (κ2) is 7.78. The highest BCUT2D eigenvalue weighted by atomic mass is 16.5. The Morgan fingerprint density at radius 2 is 1.69 bits per heavy atom. The summed E-state index contributed by atoms with van der Waals surface area (Å²) < 4.78 is 10.8. The lowest BCUT2D eigenvalue weighted by Gasteiger charge is -2.33. The molecule has 152 valence electrons. The van der Waals surface area contributed by atoms with Crippen LogP contribution in [0.25, 0.3) is 0 Å². The Labute approximate surface area is 171 Å². The fourth-order valence-corrected chi connectivity index (χ4v) is 4.50. The molecule has 1 saturated heterocycles. The molecule has 2 heterocycles. The van der Waals surface area contributed by atoms with Crippen LogP contribution in [0.4, 0.5) is 0 Å². The van der Waals surface area contributed by atoms with Gasteiger partial charge in [0.2, 0.25) is 11.8 Å². The first-order valence-electron chi connectivity index (χ1n) is 9.86. The van der Waals surface area contributed by atoms with Crippen molar-refractivity contribution in [3.05, 3.63) is 59.2 Å². The van der Waals surface area contributed by atoms with Gasteiger partial charge in [0.25, 0.3) is 0 Å². The fraction of sp³-hybridized carbons (Fsp3) is 0.391. The molecular formula is C23H26N2O4. The molecule has 2 atom stereocenters. The number of amides is 2. The van der Waals surface area contributed by atoms with Crippen LogP contribution in [0.5, 0.6) is 11.5 Å². The van der Waals surface area contributed by atoms with Crippen molar-refractivity contribution >= 4 is 11.8 Å². The molecule has 0 radical (unpaired) electrons. The maximum atomic E-state index is 13.5. The van der Waals surface area contributed by atoms with E-state index < -0.39 is 0 Å². The van der Waals surface area contributed by atoms with Crippen molar-refractivity contribution in [3.63, 3.8) is 0 Å². The maximum Gasteiger partial charge on any atom is 0.228 e. The lowest BCUT2D eigenvalue weighted by atomic mass is 9.91. The summed E-state index contributed by atoms with van der Waals surface area (Å²) in [6, 6.07) is 13.5. The van der Waals surface area contributed by atoms with Crippen LogP contribution in [0.2, 0.25) is 0 Å². The van der Waals surface area contributed by atoms with E-state index in [0.717, 1.165) is 17.5 Å². The number of carbonyl (C=O) groups is 2. The second-order valence-corrected chi connectivity index (χ2v) is 7.66. The molecule has 2 aromatic rings. The van der Waals surface area contributed by atoms with Gasteiger partial charge in [-0.25, -0.2) is 0 Å². The first-order valence-corrected chi connectivity index (χ1v) is 9.86. The van der Waals surface area contributed by atoms with Gasteiger partial charge in [-0.05, 0) is 35.2 Å². The summed E-state index contributed by atoms with van der Waals surface area (Å²) in [5.41, 5.74) is 3.24. The Balaban J connectivity index is 1.59. The first-order chi connectivity index (χ1) is 14.0. The van der Waals surface area contributed by atoms with E-state index in [9.17, 15) is 9.59 Å². The molecule has 1 fully saturated rings. The molecular weight excluding hydrogens is 368 g/mol. The van der Waals surface area contributed by atoms with Gasteiger partial charge >= 0.3 is 0 Å². The van der Waals surface area contributed by atoms with Crippen LogP contribution in [0.15, 0.2) is 42.5 Å². The molecule has 6 nitrogen and oxygen atoms in total. The highest BCUT2D eigenvalue weighted by Gasteiger charge is 2.44. The second-order valence-electron chi connectivity index (χ2n) is 7.66. The Morgan fingerprint density at radius 1 is 1.03 bits per heavy atom. The van der Waals surface area contributed by atoms with Crippen LogP contribution in [-0.2, 0) is 22.6 Å². The molecule has 4 rings (SSSR count). The summed E-state index contributed by atoms with van der Waals surface area (Å²) in [4.78, 5) is 29.5. The van der Waals surface area contributed by atoms with Gasteiger partial charge in [0.05, 0.1) is 26.2 Å². The van der Waals surface area contributed by atoms with Crippen LogP contribution in [0, 0.1) is 5.92 Å². The molecule has 6 heteroatoms. The lowest BCUT2D eigenvalue weighted by molar-refractivity contribution is -0.137. The van der Waals surface area contributed by atoms with Gasteiger partial charge in [-0.3, -0.25) is 9.59 Å². The van der Waals surface area contributed by atoms with Gasteiger partial charge in [0.15, 0.2) is 11.5 Å². The van der Waals surface area contributed by atoms with E-state index in [-0.39, 0.29) is 30.2 Å². The summed E-state index contributed by atoms with van der Waals surface area (Å²) in [5.74, 6) is 1.06. The number of ether oxygens (including phenoxy) is 2. The maximum absolute atomic E-state index is 13.5. The Hall–Kier alpha value is -3.02. The monoisotopic (exact) mass is 394 g/mol. The van der Waals surface area contributed by atoms with E-state index in [2.05, 4.69) is 0 Å². The summed E-state index contributed by atoms with van der Waals surface area (Å²) in [6.07, 6.45) is 1.01. The molecule has 0 saturated carbocycles. The summed E-state index contributed by atoms with van der Waals surface area (Å²) in [5, 5.41) is 0. The summed E-state index contributed by atoms with van der Waals surface area (Å²) in [6.45, 7) is 1.15. The van der Waals surface area contributed by atoms with Crippen molar-refractivity contribution < 1.29 is 19.1 Å². The number of likely N-dealkylation sites (tertiary alicyclic amines) is 1. The average Bonchev–Trinajstić information content (AvgIpc) is 3.06. The largest absolute Gasteiger partial charge is 0.493 e. The predicted molar refractivity (Wildman–Crippen MR) is 109 cm³/mol. The molecule has 0 spiro atoms. The third kappa shape index (κ3) is 3.43. The normalized spacial score (nSPS) is 21.1. The van der Waals surface area contributed by atoms with E-state index >= 15 is 0 Å². The van der Waals surface area contributed by atoms with Gasteiger partial charge in [-0.15, -0.1) is 0 Å². The Morgan fingerprint density at radius 3 is 2.34 bits per heavy atom. The Kier molecular flexibility index (Phi) is 5.18. The fourth-order valence-electron chi connectivity index (χ4n) is 4.50. The van der Waals surface area contributed by atoms with Crippen LogP contribution in [0.3, 0.4) is 0 Å². The van der Waals surface area contributed by atoms with E-state index in [1.807, 2.05) is 47.4 Å². The zero-order chi connectivity index (χ0) is 20.5. The van der Waals surface area contributed by atoms with E-state index in [4.69, 9.17) is 9.47 Å². The van der Waals surface area contributed by atoms with Gasteiger partial charge in [-0.1, -0.05) is 30.3 Å². The molecule has 0 aliphatic carbocycles. The zero-order valence-corrected chi connectivity index (χ0v) is 17.1.